The number of aliphatic hydroxyl groups is 1. The number of carbonyl (C=O) groups is 1. The van der Waals surface area contributed by atoms with Crippen molar-refractivity contribution in [1.29, 1.82) is 0 Å². The predicted octanol–water partition coefficient (Wildman–Crippen LogP) is 3.32. The molecule has 4 nitrogen and oxygen atoms in total. The smallest absolute Gasteiger partial charge is 0.221 e. The molecule has 0 radical (unpaired) electrons. The maximum Gasteiger partial charge on any atom is 0.221 e. The molecule has 1 atom stereocenters. The number of aliphatic hydroxyl groups excluding tert-OH is 1. The Hall–Kier alpha value is -2.05. The minimum absolute atomic E-state index is 0.0257. The summed E-state index contributed by atoms with van der Waals surface area (Å²) >= 11 is 1.46. The zero-order chi connectivity index (χ0) is 16.7. The second-order valence-electron chi connectivity index (χ2n) is 4.91. The third kappa shape index (κ3) is 5.92. The Labute approximate surface area is 138 Å². The number of hydrogen-bond donors (Lipinski definition) is 2. The fraction of sp³-hybridized carbons (Fsp3) is 0.235. The van der Waals surface area contributed by atoms with Gasteiger partial charge < -0.3 is 15.2 Å². The number of ether oxygens (including phenoxy) is 1. The zero-order valence-corrected chi connectivity index (χ0v) is 13.5. The van der Waals surface area contributed by atoms with E-state index < -0.39 is 11.9 Å². The normalized spacial score (nSPS) is 11.8. The number of halogens is 1. The molecule has 0 aromatic heterocycles. The van der Waals surface area contributed by atoms with Gasteiger partial charge in [-0.2, -0.15) is 0 Å². The number of hydrogen-bond acceptors (Lipinski definition) is 4. The van der Waals surface area contributed by atoms with E-state index in [4.69, 9.17) is 4.74 Å². The van der Waals surface area contributed by atoms with Gasteiger partial charge in [-0.1, -0.05) is 12.1 Å². The fourth-order valence-electron chi connectivity index (χ4n) is 1.83. The first-order valence-electron chi connectivity index (χ1n) is 7.10. The molecule has 6 heteroatoms. The lowest BCUT2D eigenvalue weighted by molar-refractivity contribution is -0.114. The molecule has 0 aliphatic rings. The van der Waals surface area contributed by atoms with E-state index in [9.17, 15) is 14.3 Å². The summed E-state index contributed by atoms with van der Waals surface area (Å²) in [6.07, 6.45) is -0.713. The Bertz CT molecular complexity index is 649. The minimum Gasteiger partial charge on any atom is -0.488 e. The molecular weight excluding hydrogens is 317 g/mol. The molecule has 0 aliphatic carbocycles. The van der Waals surface area contributed by atoms with Crippen LogP contribution in [0.2, 0.25) is 0 Å². The van der Waals surface area contributed by atoms with Crippen LogP contribution in [-0.4, -0.2) is 29.5 Å². The highest BCUT2D eigenvalue weighted by Crippen LogP contribution is 2.22. The molecule has 0 unspecified atom stereocenters. The predicted molar refractivity (Wildman–Crippen MR) is 89.4 cm³/mol. The number of amides is 1. The number of benzene rings is 2. The largest absolute Gasteiger partial charge is 0.488 e. The van der Waals surface area contributed by atoms with E-state index in [1.165, 1.54) is 30.8 Å². The molecule has 0 aliphatic heterocycles. The van der Waals surface area contributed by atoms with Crippen LogP contribution in [-0.2, 0) is 4.79 Å². The lowest BCUT2D eigenvalue weighted by Gasteiger charge is -2.12. The second kappa shape index (κ2) is 8.55. The van der Waals surface area contributed by atoms with Gasteiger partial charge in [-0.3, -0.25) is 4.79 Å². The van der Waals surface area contributed by atoms with E-state index >= 15 is 0 Å². The number of rotatable bonds is 7. The molecule has 23 heavy (non-hydrogen) atoms. The number of para-hydroxylation sites is 1. The average Bonchev–Trinajstić information content (AvgIpc) is 2.53. The van der Waals surface area contributed by atoms with E-state index in [1.54, 1.807) is 24.3 Å². The summed E-state index contributed by atoms with van der Waals surface area (Å²) in [7, 11) is 0. The Kier molecular flexibility index (Phi) is 6.43. The summed E-state index contributed by atoms with van der Waals surface area (Å²) in [5.74, 6) is -0.00301. The standard InChI is InChI=1S/C17H18FNO3S/c1-12(20)19-13-6-8-15(9-7-13)23-11-14(21)10-22-17-5-3-2-4-16(17)18/h2-9,14,21H,10-11H2,1H3,(H,19,20)/t14-/m0/s1. The zero-order valence-electron chi connectivity index (χ0n) is 12.7. The van der Waals surface area contributed by atoms with Gasteiger partial charge in [-0.25, -0.2) is 4.39 Å². The molecular formula is C17H18FNO3S. The van der Waals surface area contributed by atoms with Gasteiger partial charge in [0.25, 0.3) is 0 Å². The van der Waals surface area contributed by atoms with Crippen LogP contribution < -0.4 is 10.1 Å². The van der Waals surface area contributed by atoms with Crippen molar-refractivity contribution in [3.8, 4) is 5.75 Å². The van der Waals surface area contributed by atoms with E-state index in [0.717, 1.165) is 10.6 Å². The minimum atomic E-state index is -0.713. The maximum atomic E-state index is 13.4. The van der Waals surface area contributed by atoms with Crippen molar-refractivity contribution in [3.63, 3.8) is 0 Å². The molecule has 122 valence electrons. The Balaban J connectivity index is 1.76. The summed E-state index contributed by atoms with van der Waals surface area (Å²) in [5, 5.41) is 12.6. The molecule has 2 aromatic carbocycles. The molecule has 0 heterocycles. The van der Waals surface area contributed by atoms with Crippen LogP contribution in [0, 0.1) is 5.82 Å². The highest BCUT2D eigenvalue weighted by molar-refractivity contribution is 7.99. The van der Waals surface area contributed by atoms with E-state index in [-0.39, 0.29) is 18.3 Å². The van der Waals surface area contributed by atoms with Crippen LogP contribution in [0.15, 0.2) is 53.4 Å². The van der Waals surface area contributed by atoms with Crippen LogP contribution in [0.3, 0.4) is 0 Å². The first-order chi connectivity index (χ1) is 11.0. The number of nitrogens with one attached hydrogen (secondary N) is 1. The quantitative estimate of drug-likeness (QED) is 0.762. The molecule has 0 spiro atoms. The Morgan fingerprint density at radius 2 is 1.96 bits per heavy atom. The molecule has 0 saturated carbocycles. The SMILES string of the molecule is CC(=O)Nc1ccc(SC[C@@H](O)COc2ccccc2F)cc1. The molecule has 2 rings (SSSR count). The molecule has 0 bridgehead atoms. The van der Waals surface area contributed by atoms with Gasteiger partial charge in [0.1, 0.15) is 6.61 Å². The van der Waals surface area contributed by atoms with Gasteiger partial charge in [-0.05, 0) is 36.4 Å². The van der Waals surface area contributed by atoms with Gasteiger partial charge >= 0.3 is 0 Å². The molecule has 2 aromatic rings. The van der Waals surface area contributed by atoms with Gasteiger partial charge in [0.15, 0.2) is 11.6 Å². The van der Waals surface area contributed by atoms with E-state index in [0.29, 0.717) is 5.75 Å². The van der Waals surface area contributed by atoms with Crippen molar-refractivity contribution < 1.29 is 19.0 Å². The van der Waals surface area contributed by atoms with Crippen molar-refractivity contribution >= 4 is 23.4 Å². The van der Waals surface area contributed by atoms with Crippen molar-refractivity contribution in [2.45, 2.75) is 17.9 Å². The lowest BCUT2D eigenvalue weighted by atomic mass is 10.3. The van der Waals surface area contributed by atoms with Crippen LogP contribution in [0.5, 0.6) is 5.75 Å². The van der Waals surface area contributed by atoms with Crippen LogP contribution >= 0.6 is 11.8 Å². The van der Waals surface area contributed by atoms with Gasteiger partial charge in [-0.15, -0.1) is 11.8 Å². The fourth-order valence-corrected chi connectivity index (χ4v) is 2.64. The number of anilines is 1. The van der Waals surface area contributed by atoms with E-state index in [1.807, 2.05) is 12.1 Å². The van der Waals surface area contributed by atoms with Crippen molar-refractivity contribution in [3.05, 3.63) is 54.3 Å². The molecule has 2 N–H and O–H groups in total. The molecule has 0 saturated heterocycles. The Morgan fingerprint density at radius 3 is 2.61 bits per heavy atom. The summed E-state index contributed by atoms with van der Waals surface area (Å²) in [4.78, 5) is 11.9. The highest BCUT2D eigenvalue weighted by Gasteiger charge is 2.08. The van der Waals surface area contributed by atoms with Crippen molar-refractivity contribution in [2.24, 2.45) is 0 Å². The second-order valence-corrected chi connectivity index (χ2v) is 6.01. The van der Waals surface area contributed by atoms with Gasteiger partial charge in [0.05, 0.1) is 6.10 Å². The number of thioether (sulfide) groups is 1. The van der Waals surface area contributed by atoms with Crippen LogP contribution in [0.25, 0.3) is 0 Å². The maximum absolute atomic E-state index is 13.4. The summed E-state index contributed by atoms with van der Waals surface area (Å²) < 4.78 is 18.6. The summed E-state index contributed by atoms with van der Waals surface area (Å²) in [5.41, 5.74) is 0.727. The van der Waals surface area contributed by atoms with Crippen molar-refractivity contribution in [1.82, 2.24) is 0 Å². The average molecular weight is 335 g/mol. The first-order valence-corrected chi connectivity index (χ1v) is 8.09. The van der Waals surface area contributed by atoms with Gasteiger partial charge in [0, 0.05) is 23.3 Å². The summed E-state index contributed by atoms with van der Waals surface area (Å²) in [6.45, 7) is 1.48. The number of carbonyl (C=O) groups excluding carboxylic acids is 1. The molecule has 0 fully saturated rings. The topological polar surface area (TPSA) is 58.6 Å². The van der Waals surface area contributed by atoms with Gasteiger partial charge in [0.2, 0.25) is 5.91 Å². The molecule has 1 amide bonds. The Morgan fingerprint density at radius 1 is 1.26 bits per heavy atom. The van der Waals surface area contributed by atoms with E-state index in [2.05, 4.69) is 5.32 Å². The van der Waals surface area contributed by atoms with Crippen LogP contribution in [0.1, 0.15) is 6.92 Å². The van der Waals surface area contributed by atoms with Crippen molar-refractivity contribution in [2.75, 3.05) is 17.7 Å². The highest BCUT2D eigenvalue weighted by atomic mass is 32.2. The first kappa shape index (κ1) is 17.3. The third-order valence-corrected chi connectivity index (χ3v) is 4.04. The monoisotopic (exact) mass is 335 g/mol. The summed E-state index contributed by atoms with van der Waals surface area (Å²) in [6, 6.07) is 13.4. The lowest BCUT2D eigenvalue weighted by Crippen LogP contribution is -2.20. The third-order valence-electron chi connectivity index (χ3n) is 2.88. The van der Waals surface area contributed by atoms with Crippen LogP contribution in [0.4, 0.5) is 10.1 Å².